The summed E-state index contributed by atoms with van der Waals surface area (Å²) in [6, 6.07) is 3.96. The molecule has 9 heteroatoms. The van der Waals surface area contributed by atoms with Gasteiger partial charge in [-0.15, -0.1) is 0 Å². The number of ether oxygens (including phenoxy) is 1. The first-order valence-corrected chi connectivity index (χ1v) is 13.4. The number of hydrogen-bond donors (Lipinski definition) is 3. The molecule has 0 atom stereocenters. The Bertz CT molecular complexity index is 1470. The van der Waals surface area contributed by atoms with Crippen LogP contribution in [0, 0.1) is 13.8 Å². The molecule has 3 aromatic heterocycles. The standard InChI is InChI=1S/C29H38N6O3/c1-17-11-18(2)32-27(37)22(17)15-30-26(36)21-12-24(19-13-28(3,4)34-29(5,6)14-19)33-25-23(21)16-31-35(25)20-7-9-38-10-8-20/h11-13,16,20,34H,7-10,14-15H2,1-6H3,(H,30,36)(H,32,37). The third kappa shape index (κ3) is 5.31. The first-order chi connectivity index (χ1) is 17.9. The van der Waals surface area contributed by atoms with Gasteiger partial charge in [-0.05, 0) is 84.1 Å². The van der Waals surface area contributed by atoms with Crippen molar-refractivity contribution in [3.05, 3.63) is 62.8 Å². The average Bonchev–Trinajstić information content (AvgIpc) is 3.25. The Morgan fingerprint density at radius 2 is 1.92 bits per heavy atom. The number of rotatable bonds is 5. The van der Waals surface area contributed by atoms with Crippen LogP contribution in [0.25, 0.3) is 16.6 Å². The van der Waals surface area contributed by atoms with E-state index >= 15 is 0 Å². The van der Waals surface area contributed by atoms with Gasteiger partial charge in [0.1, 0.15) is 0 Å². The second-order valence-corrected chi connectivity index (χ2v) is 11.9. The summed E-state index contributed by atoms with van der Waals surface area (Å²) in [7, 11) is 0. The summed E-state index contributed by atoms with van der Waals surface area (Å²) in [6.07, 6.45) is 6.43. The number of H-pyrrole nitrogens is 1. The third-order valence-corrected chi connectivity index (χ3v) is 7.42. The van der Waals surface area contributed by atoms with Crippen molar-refractivity contribution in [2.75, 3.05) is 13.2 Å². The molecule has 0 bridgehead atoms. The van der Waals surface area contributed by atoms with E-state index in [1.54, 1.807) is 6.20 Å². The van der Waals surface area contributed by atoms with Crippen molar-refractivity contribution >= 4 is 22.5 Å². The summed E-state index contributed by atoms with van der Waals surface area (Å²) in [6.45, 7) is 13.9. The Kier molecular flexibility index (Phi) is 6.77. The van der Waals surface area contributed by atoms with Crippen LogP contribution >= 0.6 is 0 Å². The molecule has 0 spiro atoms. The number of fused-ring (bicyclic) bond motifs is 1. The molecular weight excluding hydrogens is 480 g/mol. The van der Waals surface area contributed by atoms with Crippen LogP contribution in [0.15, 0.2) is 29.2 Å². The topological polar surface area (TPSA) is 114 Å². The van der Waals surface area contributed by atoms with Gasteiger partial charge in [-0.3, -0.25) is 9.59 Å². The number of nitrogens with one attached hydrogen (secondary N) is 3. The van der Waals surface area contributed by atoms with Crippen molar-refractivity contribution in [3.8, 4) is 0 Å². The SMILES string of the molecule is Cc1cc(C)c(CNC(=O)c2cc(C3=CC(C)(C)NC(C)(C)C3)nc3c2cnn3C2CCOCC2)c(=O)[nH]1. The van der Waals surface area contributed by atoms with Gasteiger partial charge < -0.3 is 20.4 Å². The van der Waals surface area contributed by atoms with Crippen molar-refractivity contribution in [2.24, 2.45) is 0 Å². The molecule has 0 saturated carbocycles. The maximum absolute atomic E-state index is 13.7. The summed E-state index contributed by atoms with van der Waals surface area (Å²) in [5.41, 5.74) is 4.77. The molecule has 38 heavy (non-hydrogen) atoms. The van der Waals surface area contributed by atoms with Crippen molar-refractivity contribution in [1.29, 1.82) is 0 Å². The minimum atomic E-state index is -0.252. The predicted octanol–water partition coefficient (Wildman–Crippen LogP) is 3.95. The molecule has 9 nitrogen and oxygen atoms in total. The van der Waals surface area contributed by atoms with Gasteiger partial charge in [0.15, 0.2) is 5.65 Å². The highest BCUT2D eigenvalue weighted by atomic mass is 16.5. The third-order valence-electron chi connectivity index (χ3n) is 7.42. The quantitative estimate of drug-likeness (QED) is 0.471. The molecule has 5 heterocycles. The lowest BCUT2D eigenvalue weighted by molar-refractivity contribution is 0.0673. The van der Waals surface area contributed by atoms with Crippen LogP contribution in [0.5, 0.6) is 0 Å². The Balaban J connectivity index is 1.57. The zero-order valence-corrected chi connectivity index (χ0v) is 23.2. The molecule has 3 aromatic rings. The Hall–Kier alpha value is -3.30. The lowest BCUT2D eigenvalue weighted by Crippen LogP contribution is -2.53. The van der Waals surface area contributed by atoms with Gasteiger partial charge in [-0.2, -0.15) is 5.10 Å². The molecule has 1 amide bonds. The monoisotopic (exact) mass is 518 g/mol. The van der Waals surface area contributed by atoms with Crippen LogP contribution in [0.3, 0.4) is 0 Å². The van der Waals surface area contributed by atoms with Crippen molar-refractivity contribution in [2.45, 2.75) is 84.5 Å². The number of hydrogen-bond acceptors (Lipinski definition) is 6. The zero-order valence-electron chi connectivity index (χ0n) is 23.2. The van der Waals surface area contributed by atoms with E-state index < -0.39 is 0 Å². The van der Waals surface area contributed by atoms with E-state index in [-0.39, 0.29) is 35.1 Å². The van der Waals surface area contributed by atoms with E-state index in [0.717, 1.165) is 41.8 Å². The Labute approximate surface area is 223 Å². The van der Waals surface area contributed by atoms with E-state index in [9.17, 15) is 9.59 Å². The van der Waals surface area contributed by atoms with E-state index in [4.69, 9.17) is 14.8 Å². The lowest BCUT2D eigenvalue weighted by atomic mass is 9.82. The molecule has 0 aliphatic carbocycles. The number of carbonyl (C=O) groups excluding carboxylic acids is 1. The van der Waals surface area contributed by atoms with Gasteiger partial charge in [-0.25, -0.2) is 9.67 Å². The fourth-order valence-electron chi connectivity index (χ4n) is 6.01. The van der Waals surface area contributed by atoms with E-state index in [2.05, 4.69) is 49.4 Å². The summed E-state index contributed by atoms with van der Waals surface area (Å²) in [4.78, 5) is 34.1. The van der Waals surface area contributed by atoms with Gasteiger partial charge in [0.05, 0.1) is 28.9 Å². The molecule has 5 rings (SSSR count). The van der Waals surface area contributed by atoms with Crippen LogP contribution < -0.4 is 16.2 Å². The molecule has 2 aliphatic rings. The van der Waals surface area contributed by atoms with Crippen LogP contribution in [-0.4, -0.2) is 49.9 Å². The largest absolute Gasteiger partial charge is 0.381 e. The van der Waals surface area contributed by atoms with Gasteiger partial charge in [-0.1, -0.05) is 6.08 Å². The van der Waals surface area contributed by atoms with E-state index in [1.807, 2.05) is 30.7 Å². The second kappa shape index (κ2) is 9.78. The van der Waals surface area contributed by atoms with E-state index in [0.29, 0.717) is 35.4 Å². The van der Waals surface area contributed by atoms with Gasteiger partial charge >= 0.3 is 0 Å². The zero-order chi connectivity index (χ0) is 27.2. The normalized spacial score (nSPS) is 19.4. The molecule has 0 radical (unpaired) electrons. The van der Waals surface area contributed by atoms with Gasteiger partial charge in [0.2, 0.25) is 0 Å². The number of aromatic nitrogens is 4. The minimum absolute atomic E-state index is 0.127. The van der Waals surface area contributed by atoms with Crippen molar-refractivity contribution in [3.63, 3.8) is 0 Å². The fourth-order valence-corrected chi connectivity index (χ4v) is 6.01. The number of aromatic amines is 1. The summed E-state index contributed by atoms with van der Waals surface area (Å²) < 4.78 is 7.53. The molecule has 1 fully saturated rings. The van der Waals surface area contributed by atoms with Crippen LogP contribution in [0.1, 0.15) is 85.9 Å². The van der Waals surface area contributed by atoms with Crippen molar-refractivity contribution in [1.82, 2.24) is 30.4 Å². The first kappa shape index (κ1) is 26.3. The Morgan fingerprint density at radius 1 is 1.18 bits per heavy atom. The number of aryl methyl sites for hydroxylation is 2. The molecular formula is C29H38N6O3. The van der Waals surface area contributed by atoms with Gasteiger partial charge in [0.25, 0.3) is 11.5 Å². The first-order valence-electron chi connectivity index (χ1n) is 13.4. The lowest BCUT2D eigenvalue weighted by Gasteiger charge is -2.41. The smallest absolute Gasteiger partial charge is 0.253 e. The molecule has 3 N–H and O–H groups in total. The number of carbonyl (C=O) groups is 1. The average molecular weight is 519 g/mol. The Morgan fingerprint density at radius 3 is 2.61 bits per heavy atom. The van der Waals surface area contributed by atoms with Crippen LogP contribution in [-0.2, 0) is 11.3 Å². The number of nitrogens with zero attached hydrogens (tertiary/aromatic N) is 3. The highest BCUT2D eigenvalue weighted by Gasteiger charge is 2.34. The summed E-state index contributed by atoms with van der Waals surface area (Å²) >= 11 is 0. The molecule has 2 aliphatic heterocycles. The molecule has 0 aromatic carbocycles. The van der Waals surface area contributed by atoms with Gasteiger partial charge in [0, 0.05) is 42.1 Å². The number of pyridine rings is 2. The molecule has 202 valence electrons. The fraction of sp³-hybridized carbons (Fsp3) is 0.517. The second-order valence-electron chi connectivity index (χ2n) is 11.9. The van der Waals surface area contributed by atoms with Crippen LogP contribution in [0.2, 0.25) is 0 Å². The molecule has 1 saturated heterocycles. The predicted molar refractivity (Wildman–Crippen MR) is 148 cm³/mol. The van der Waals surface area contributed by atoms with Crippen LogP contribution in [0.4, 0.5) is 0 Å². The summed E-state index contributed by atoms with van der Waals surface area (Å²) in [5, 5.41) is 12.1. The van der Waals surface area contributed by atoms with Crippen molar-refractivity contribution < 1.29 is 9.53 Å². The van der Waals surface area contributed by atoms with E-state index in [1.165, 1.54) is 0 Å². The highest BCUT2D eigenvalue weighted by Crippen LogP contribution is 2.35. The minimum Gasteiger partial charge on any atom is -0.381 e. The maximum Gasteiger partial charge on any atom is 0.253 e. The maximum atomic E-state index is 13.7. The molecule has 0 unspecified atom stereocenters. The highest BCUT2D eigenvalue weighted by molar-refractivity contribution is 6.06. The summed E-state index contributed by atoms with van der Waals surface area (Å²) in [5.74, 6) is -0.252. The number of amides is 1.